The van der Waals surface area contributed by atoms with Gasteiger partial charge in [0, 0.05) is 10.7 Å². The maximum atomic E-state index is 6.13. The number of aryl methyl sites for hydroxylation is 1. The largest absolute Gasteiger partial charge is 0.489 e. The van der Waals surface area contributed by atoms with Crippen molar-refractivity contribution in [1.29, 1.82) is 0 Å². The second kappa shape index (κ2) is 6.06. The molecule has 0 amide bonds. The molecule has 0 heterocycles. The number of ether oxygens (including phenoxy) is 1. The molecule has 0 aliphatic heterocycles. The van der Waals surface area contributed by atoms with Crippen LogP contribution in [0.2, 0.25) is 5.02 Å². The first kappa shape index (κ1) is 14.5. The Bertz CT molecular complexity index is 611. The summed E-state index contributed by atoms with van der Waals surface area (Å²) in [5.74, 6) is 0.684. The molecule has 0 saturated carbocycles. The quantitative estimate of drug-likeness (QED) is 0.798. The van der Waals surface area contributed by atoms with Crippen molar-refractivity contribution in [2.45, 2.75) is 26.9 Å². The van der Waals surface area contributed by atoms with Crippen LogP contribution in [0.3, 0.4) is 0 Å². The zero-order chi connectivity index (χ0) is 14.7. The number of rotatable bonds is 4. The first-order valence-electron chi connectivity index (χ1n) is 6.55. The van der Waals surface area contributed by atoms with E-state index in [1.165, 1.54) is 0 Å². The van der Waals surface area contributed by atoms with E-state index in [1.807, 2.05) is 57.2 Å². The predicted octanol–water partition coefficient (Wildman–Crippen LogP) is 4.76. The summed E-state index contributed by atoms with van der Waals surface area (Å²) in [6.45, 7) is 5.91. The lowest BCUT2D eigenvalue weighted by molar-refractivity contribution is 0.244. The molecule has 0 aliphatic rings. The third kappa shape index (κ3) is 3.36. The van der Waals surface area contributed by atoms with E-state index in [9.17, 15) is 0 Å². The number of para-hydroxylation sites is 1. The van der Waals surface area contributed by atoms with Gasteiger partial charge >= 0.3 is 0 Å². The van der Waals surface area contributed by atoms with Gasteiger partial charge in [-0.05, 0) is 50.6 Å². The molecule has 106 valence electrons. The number of nitrogen functional groups attached to an aromatic ring is 1. The fourth-order valence-electron chi connectivity index (χ4n) is 1.84. The minimum atomic E-state index is 0.0846. The Balaban J connectivity index is 2.27. The molecule has 4 heteroatoms. The van der Waals surface area contributed by atoms with E-state index in [1.54, 1.807) is 0 Å². The van der Waals surface area contributed by atoms with Gasteiger partial charge in [0.25, 0.3) is 0 Å². The third-order valence-corrected chi connectivity index (χ3v) is 3.29. The van der Waals surface area contributed by atoms with Crippen LogP contribution >= 0.6 is 11.6 Å². The van der Waals surface area contributed by atoms with Crippen LogP contribution in [0.4, 0.5) is 17.1 Å². The standard InChI is InChI=1S/C16H19ClN2O/c1-10(2)20-15-6-4-5-14(16(15)18)19-12-8-7-11(3)13(17)9-12/h4-10,19H,18H2,1-3H3. The topological polar surface area (TPSA) is 47.3 Å². The average Bonchev–Trinajstić information content (AvgIpc) is 2.38. The highest BCUT2D eigenvalue weighted by molar-refractivity contribution is 6.31. The maximum Gasteiger partial charge on any atom is 0.144 e. The Hall–Kier alpha value is -1.87. The first-order valence-corrected chi connectivity index (χ1v) is 6.93. The van der Waals surface area contributed by atoms with Gasteiger partial charge in [0.05, 0.1) is 17.5 Å². The predicted molar refractivity (Wildman–Crippen MR) is 86.1 cm³/mol. The Morgan fingerprint density at radius 2 is 1.95 bits per heavy atom. The molecule has 0 bridgehead atoms. The summed E-state index contributed by atoms with van der Waals surface area (Å²) in [7, 11) is 0. The molecule has 0 unspecified atom stereocenters. The van der Waals surface area contributed by atoms with Crippen molar-refractivity contribution in [2.24, 2.45) is 0 Å². The van der Waals surface area contributed by atoms with Crippen LogP contribution in [0, 0.1) is 6.92 Å². The number of nitrogens with two attached hydrogens (primary N) is 1. The maximum absolute atomic E-state index is 6.13. The molecular weight excluding hydrogens is 272 g/mol. The van der Waals surface area contributed by atoms with Crippen LogP contribution in [0.5, 0.6) is 5.75 Å². The minimum absolute atomic E-state index is 0.0846. The lowest BCUT2D eigenvalue weighted by Gasteiger charge is -2.16. The van der Waals surface area contributed by atoms with E-state index in [2.05, 4.69) is 5.32 Å². The van der Waals surface area contributed by atoms with Gasteiger partial charge in [-0.3, -0.25) is 0 Å². The van der Waals surface area contributed by atoms with Gasteiger partial charge in [0.1, 0.15) is 5.75 Å². The molecule has 2 aromatic carbocycles. The number of anilines is 3. The SMILES string of the molecule is Cc1ccc(Nc2cccc(OC(C)C)c2N)cc1Cl. The highest BCUT2D eigenvalue weighted by Crippen LogP contribution is 2.33. The molecular formula is C16H19ClN2O. The number of nitrogens with one attached hydrogen (secondary N) is 1. The van der Waals surface area contributed by atoms with Crippen LogP contribution in [-0.4, -0.2) is 6.10 Å². The number of hydrogen-bond donors (Lipinski definition) is 2. The number of benzene rings is 2. The summed E-state index contributed by atoms with van der Waals surface area (Å²) in [5.41, 5.74) is 9.47. The van der Waals surface area contributed by atoms with Gasteiger partial charge in [0.15, 0.2) is 0 Å². The van der Waals surface area contributed by atoms with E-state index in [0.717, 1.165) is 22.0 Å². The molecule has 0 radical (unpaired) electrons. The van der Waals surface area contributed by atoms with Crippen LogP contribution in [0.1, 0.15) is 19.4 Å². The summed E-state index contributed by atoms with van der Waals surface area (Å²) < 4.78 is 5.68. The second-order valence-electron chi connectivity index (χ2n) is 4.97. The van der Waals surface area contributed by atoms with Crippen LogP contribution < -0.4 is 15.8 Å². The van der Waals surface area contributed by atoms with Gasteiger partial charge in [-0.1, -0.05) is 23.7 Å². The van der Waals surface area contributed by atoms with Gasteiger partial charge in [-0.25, -0.2) is 0 Å². The van der Waals surface area contributed by atoms with Crippen molar-refractivity contribution in [3.63, 3.8) is 0 Å². The average molecular weight is 291 g/mol. The molecule has 0 spiro atoms. The van der Waals surface area contributed by atoms with E-state index in [4.69, 9.17) is 22.1 Å². The van der Waals surface area contributed by atoms with E-state index in [-0.39, 0.29) is 6.10 Å². The first-order chi connectivity index (χ1) is 9.47. The van der Waals surface area contributed by atoms with Crippen LogP contribution in [0.25, 0.3) is 0 Å². The Morgan fingerprint density at radius 1 is 1.20 bits per heavy atom. The summed E-state index contributed by atoms with van der Waals surface area (Å²) in [6.07, 6.45) is 0.0846. The fraction of sp³-hybridized carbons (Fsp3) is 0.250. The molecule has 0 aromatic heterocycles. The Morgan fingerprint density at radius 3 is 2.60 bits per heavy atom. The Labute approximate surface area is 124 Å². The molecule has 2 aromatic rings. The van der Waals surface area contributed by atoms with Crippen LogP contribution in [-0.2, 0) is 0 Å². The van der Waals surface area contributed by atoms with Gasteiger partial charge in [-0.2, -0.15) is 0 Å². The normalized spacial score (nSPS) is 10.7. The molecule has 0 aliphatic carbocycles. The zero-order valence-electron chi connectivity index (χ0n) is 11.9. The fourth-order valence-corrected chi connectivity index (χ4v) is 2.02. The van der Waals surface area contributed by atoms with E-state index < -0.39 is 0 Å². The van der Waals surface area contributed by atoms with Crippen molar-refractivity contribution in [2.75, 3.05) is 11.1 Å². The molecule has 3 N–H and O–H groups in total. The lowest BCUT2D eigenvalue weighted by atomic mass is 10.2. The summed E-state index contributed by atoms with van der Waals surface area (Å²) in [4.78, 5) is 0. The molecule has 3 nitrogen and oxygen atoms in total. The molecule has 2 rings (SSSR count). The second-order valence-corrected chi connectivity index (χ2v) is 5.38. The molecule has 0 fully saturated rings. The molecule has 0 atom stereocenters. The van der Waals surface area contributed by atoms with Gasteiger partial charge in [0.2, 0.25) is 0 Å². The van der Waals surface area contributed by atoms with Crippen LogP contribution in [0.15, 0.2) is 36.4 Å². The zero-order valence-corrected chi connectivity index (χ0v) is 12.7. The molecule has 0 saturated heterocycles. The van der Waals surface area contributed by atoms with Crippen molar-refractivity contribution in [3.8, 4) is 5.75 Å². The van der Waals surface area contributed by atoms with Gasteiger partial charge < -0.3 is 15.8 Å². The van der Waals surface area contributed by atoms with Crippen molar-refractivity contribution >= 4 is 28.7 Å². The van der Waals surface area contributed by atoms with Crippen molar-refractivity contribution < 1.29 is 4.74 Å². The highest BCUT2D eigenvalue weighted by Gasteiger charge is 2.08. The smallest absolute Gasteiger partial charge is 0.144 e. The van der Waals surface area contributed by atoms with E-state index in [0.29, 0.717) is 11.4 Å². The highest BCUT2D eigenvalue weighted by atomic mass is 35.5. The van der Waals surface area contributed by atoms with E-state index >= 15 is 0 Å². The minimum Gasteiger partial charge on any atom is -0.489 e. The Kier molecular flexibility index (Phi) is 4.40. The number of hydrogen-bond acceptors (Lipinski definition) is 3. The van der Waals surface area contributed by atoms with Crippen molar-refractivity contribution in [3.05, 3.63) is 47.0 Å². The van der Waals surface area contributed by atoms with Gasteiger partial charge in [-0.15, -0.1) is 0 Å². The summed E-state index contributed by atoms with van der Waals surface area (Å²) >= 11 is 6.12. The lowest BCUT2D eigenvalue weighted by Crippen LogP contribution is -2.08. The van der Waals surface area contributed by atoms with Crippen molar-refractivity contribution in [1.82, 2.24) is 0 Å². The molecule has 20 heavy (non-hydrogen) atoms. The summed E-state index contributed by atoms with van der Waals surface area (Å²) in [6, 6.07) is 11.5. The number of halogens is 1. The summed E-state index contributed by atoms with van der Waals surface area (Å²) in [5, 5.41) is 3.99. The monoisotopic (exact) mass is 290 g/mol. The third-order valence-electron chi connectivity index (χ3n) is 2.88.